The van der Waals surface area contributed by atoms with Crippen LogP contribution in [0.15, 0.2) is 23.1 Å². The number of benzene rings is 1. The third-order valence-electron chi connectivity index (χ3n) is 2.66. The largest absolute Gasteiger partial charge is 0.312 e. The average molecular weight is 226 g/mol. The van der Waals surface area contributed by atoms with Crippen molar-refractivity contribution in [3.05, 3.63) is 29.3 Å². The Bertz CT molecular complexity index is 468. The second-order valence-electron chi connectivity index (χ2n) is 3.53. The highest BCUT2D eigenvalue weighted by atomic mass is 32.2. The lowest BCUT2D eigenvalue weighted by molar-refractivity contribution is 0.582. The van der Waals surface area contributed by atoms with Crippen LogP contribution in [0.4, 0.5) is 0 Å². The Morgan fingerprint density at radius 3 is 2.93 bits per heavy atom. The first-order valence-electron chi connectivity index (χ1n) is 4.90. The molecule has 2 rings (SSSR count). The van der Waals surface area contributed by atoms with Crippen molar-refractivity contribution >= 4 is 10.0 Å². The molecular formula is C10H14N2O2S. The van der Waals surface area contributed by atoms with E-state index in [1.807, 2.05) is 6.07 Å². The summed E-state index contributed by atoms with van der Waals surface area (Å²) in [4.78, 5) is 0.420. The molecule has 0 unspecified atom stereocenters. The summed E-state index contributed by atoms with van der Waals surface area (Å²) >= 11 is 0. The van der Waals surface area contributed by atoms with Crippen LogP contribution in [0.1, 0.15) is 11.1 Å². The molecule has 1 aliphatic heterocycles. The van der Waals surface area contributed by atoms with E-state index in [9.17, 15) is 8.42 Å². The minimum absolute atomic E-state index is 0.420. The molecule has 1 aromatic rings. The van der Waals surface area contributed by atoms with Gasteiger partial charge in [0.2, 0.25) is 10.0 Å². The molecule has 0 atom stereocenters. The summed E-state index contributed by atoms with van der Waals surface area (Å²) in [5.41, 5.74) is 2.03. The minimum atomic E-state index is -3.32. The summed E-state index contributed by atoms with van der Waals surface area (Å²) in [5, 5.41) is 3.22. The van der Waals surface area contributed by atoms with E-state index in [2.05, 4.69) is 10.0 Å². The van der Waals surface area contributed by atoms with Crippen LogP contribution >= 0.6 is 0 Å². The highest BCUT2D eigenvalue weighted by Gasteiger charge is 2.20. The van der Waals surface area contributed by atoms with E-state index in [1.54, 1.807) is 12.1 Å². The molecule has 0 saturated carbocycles. The van der Waals surface area contributed by atoms with Crippen LogP contribution in [0, 0.1) is 0 Å². The average Bonchev–Trinajstić information content (AvgIpc) is 2.28. The lowest BCUT2D eigenvalue weighted by atomic mass is 10.0. The first-order chi connectivity index (χ1) is 7.15. The number of fused-ring (bicyclic) bond motifs is 1. The van der Waals surface area contributed by atoms with E-state index in [0.29, 0.717) is 4.90 Å². The molecule has 0 fully saturated rings. The van der Waals surface area contributed by atoms with Crippen LogP contribution in [0.2, 0.25) is 0 Å². The third kappa shape index (κ3) is 1.90. The predicted octanol–water partition coefficient (Wildman–Crippen LogP) is 0.240. The van der Waals surface area contributed by atoms with Crippen molar-refractivity contribution in [2.45, 2.75) is 17.9 Å². The molecule has 1 aromatic carbocycles. The number of hydrogen-bond donors (Lipinski definition) is 2. The molecule has 0 aliphatic carbocycles. The maximum absolute atomic E-state index is 11.7. The maximum atomic E-state index is 11.7. The van der Waals surface area contributed by atoms with Crippen molar-refractivity contribution in [3.63, 3.8) is 0 Å². The van der Waals surface area contributed by atoms with E-state index in [0.717, 1.165) is 30.6 Å². The lowest BCUT2D eigenvalue weighted by Gasteiger charge is -2.19. The zero-order chi connectivity index (χ0) is 10.9. The van der Waals surface area contributed by atoms with Crippen molar-refractivity contribution in [2.24, 2.45) is 0 Å². The highest BCUT2D eigenvalue weighted by molar-refractivity contribution is 7.89. The Kier molecular flexibility index (Phi) is 2.77. The molecule has 0 amide bonds. The summed E-state index contributed by atoms with van der Waals surface area (Å²) in [6.07, 6.45) is 0.770. The van der Waals surface area contributed by atoms with Crippen LogP contribution in [-0.4, -0.2) is 22.0 Å². The standard InChI is InChI=1S/C10H14N2O2S/c1-11-15(13,14)10-4-2-3-8-7-12-6-5-9(8)10/h2-4,11-12H,5-7H2,1H3. The molecule has 1 heterocycles. The normalized spacial score (nSPS) is 16.1. The van der Waals surface area contributed by atoms with E-state index in [1.165, 1.54) is 7.05 Å². The van der Waals surface area contributed by atoms with Gasteiger partial charge in [-0.25, -0.2) is 13.1 Å². The van der Waals surface area contributed by atoms with Gasteiger partial charge in [-0.05, 0) is 37.2 Å². The Morgan fingerprint density at radius 2 is 2.20 bits per heavy atom. The molecule has 5 heteroatoms. The van der Waals surface area contributed by atoms with Crippen LogP contribution < -0.4 is 10.0 Å². The molecule has 2 N–H and O–H groups in total. The van der Waals surface area contributed by atoms with Crippen molar-refractivity contribution in [1.82, 2.24) is 10.0 Å². The molecule has 15 heavy (non-hydrogen) atoms. The highest BCUT2D eigenvalue weighted by Crippen LogP contribution is 2.22. The summed E-state index contributed by atoms with van der Waals surface area (Å²) in [6, 6.07) is 5.42. The Hall–Kier alpha value is -0.910. The fourth-order valence-electron chi connectivity index (χ4n) is 1.86. The van der Waals surface area contributed by atoms with Gasteiger partial charge in [-0.1, -0.05) is 12.1 Å². The molecule has 4 nitrogen and oxygen atoms in total. The second-order valence-corrected chi connectivity index (χ2v) is 5.38. The van der Waals surface area contributed by atoms with Crippen LogP contribution in [0.25, 0.3) is 0 Å². The number of sulfonamides is 1. The van der Waals surface area contributed by atoms with Crippen LogP contribution in [0.5, 0.6) is 0 Å². The topological polar surface area (TPSA) is 58.2 Å². The van der Waals surface area contributed by atoms with Gasteiger partial charge in [0.15, 0.2) is 0 Å². The minimum Gasteiger partial charge on any atom is -0.312 e. The van der Waals surface area contributed by atoms with Crippen LogP contribution in [0.3, 0.4) is 0 Å². The summed E-state index contributed by atoms with van der Waals surface area (Å²) in [5.74, 6) is 0. The third-order valence-corrected chi connectivity index (χ3v) is 4.15. The first kappa shape index (κ1) is 10.6. The van der Waals surface area contributed by atoms with E-state index < -0.39 is 10.0 Å². The van der Waals surface area contributed by atoms with Gasteiger partial charge in [0.05, 0.1) is 4.90 Å². The molecule has 0 saturated heterocycles. The first-order valence-corrected chi connectivity index (χ1v) is 6.38. The number of hydrogen-bond acceptors (Lipinski definition) is 3. The molecular weight excluding hydrogens is 212 g/mol. The van der Waals surface area contributed by atoms with Gasteiger partial charge in [-0.3, -0.25) is 0 Å². The Balaban J connectivity index is 2.58. The SMILES string of the molecule is CNS(=O)(=O)c1cccc2c1CCNC2. The maximum Gasteiger partial charge on any atom is 0.240 e. The quantitative estimate of drug-likeness (QED) is 0.759. The zero-order valence-corrected chi connectivity index (χ0v) is 9.39. The molecule has 0 spiro atoms. The van der Waals surface area contributed by atoms with Crippen molar-refractivity contribution < 1.29 is 8.42 Å². The summed E-state index contributed by atoms with van der Waals surface area (Å²) in [7, 11) is -1.88. The van der Waals surface area contributed by atoms with Gasteiger partial charge >= 0.3 is 0 Å². The summed E-state index contributed by atoms with van der Waals surface area (Å²) in [6.45, 7) is 1.59. The van der Waals surface area contributed by atoms with Crippen molar-refractivity contribution in [1.29, 1.82) is 0 Å². The van der Waals surface area contributed by atoms with E-state index in [4.69, 9.17) is 0 Å². The number of rotatable bonds is 2. The van der Waals surface area contributed by atoms with E-state index >= 15 is 0 Å². The Morgan fingerprint density at radius 1 is 1.40 bits per heavy atom. The van der Waals surface area contributed by atoms with Crippen LogP contribution in [-0.2, 0) is 23.0 Å². The molecule has 0 bridgehead atoms. The van der Waals surface area contributed by atoms with Gasteiger partial charge in [0.25, 0.3) is 0 Å². The molecule has 1 aliphatic rings. The predicted molar refractivity (Wildman–Crippen MR) is 58.1 cm³/mol. The van der Waals surface area contributed by atoms with Gasteiger partial charge in [-0.15, -0.1) is 0 Å². The summed E-state index contributed by atoms with van der Waals surface area (Å²) < 4.78 is 25.8. The van der Waals surface area contributed by atoms with Gasteiger partial charge < -0.3 is 5.32 Å². The zero-order valence-electron chi connectivity index (χ0n) is 8.58. The molecule has 0 radical (unpaired) electrons. The molecule has 0 aromatic heterocycles. The monoisotopic (exact) mass is 226 g/mol. The number of nitrogens with one attached hydrogen (secondary N) is 2. The second kappa shape index (κ2) is 3.92. The fourth-order valence-corrected chi connectivity index (χ4v) is 2.89. The van der Waals surface area contributed by atoms with Gasteiger partial charge in [-0.2, -0.15) is 0 Å². The lowest BCUT2D eigenvalue weighted by Crippen LogP contribution is -2.27. The Labute approximate surface area is 89.7 Å². The fraction of sp³-hybridized carbons (Fsp3) is 0.400. The van der Waals surface area contributed by atoms with Gasteiger partial charge in [0.1, 0.15) is 0 Å². The van der Waals surface area contributed by atoms with Crippen molar-refractivity contribution in [3.8, 4) is 0 Å². The smallest absolute Gasteiger partial charge is 0.240 e. The van der Waals surface area contributed by atoms with Crippen molar-refractivity contribution in [2.75, 3.05) is 13.6 Å². The van der Waals surface area contributed by atoms with E-state index in [-0.39, 0.29) is 0 Å². The van der Waals surface area contributed by atoms with Gasteiger partial charge in [0, 0.05) is 6.54 Å². The molecule has 82 valence electrons.